The first-order valence-electron chi connectivity index (χ1n) is 7.82. The number of fused-ring (bicyclic) bond motifs is 1. The van der Waals surface area contributed by atoms with Crippen LogP contribution in [0.4, 0.5) is 35.1 Å². The molecule has 1 aromatic heterocycles. The minimum absolute atomic E-state index is 0.287. The van der Waals surface area contributed by atoms with Crippen LogP contribution in [0.2, 0.25) is 0 Å². The SMILES string of the molecule is CCn1c(C)nc2cc(C(=O)OCC(F)(F)C(F)(F)C(F)(F)C(F)F)ccc21. The van der Waals surface area contributed by atoms with Crippen molar-refractivity contribution in [3.05, 3.63) is 29.6 Å². The van der Waals surface area contributed by atoms with E-state index in [2.05, 4.69) is 9.72 Å². The highest BCUT2D eigenvalue weighted by molar-refractivity contribution is 5.93. The summed E-state index contributed by atoms with van der Waals surface area (Å²) in [5.41, 5.74) is 0.535. The lowest BCUT2D eigenvalue weighted by atomic mass is 10.1. The van der Waals surface area contributed by atoms with E-state index < -0.39 is 36.8 Å². The lowest BCUT2D eigenvalue weighted by Crippen LogP contribution is -2.59. The molecule has 28 heavy (non-hydrogen) atoms. The number of carbonyl (C=O) groups is 1. The van der Waals surface area contributed by atoms with Gasteiger partial charge in [0.05, 0.1) is 16.6 Å². The first kappa shape index (κ1) is 21.9. The zero-order valence-corrected chi connectivity index (χ0v) is 14.5. The van der Waals surface area contributed by atoms with Crippen molar-refractivity contribution in [1.82, 2.24) is 9.55 Å². The fourth-order valence-electron chi connectivity index (χ4n) is 2.49. The average molecular weight is 418 g/mol. The second-order valence-electron chi connectivity index (χ2n) is 5.89. The molecule has 0 saturated carbocycles. The van der Waals surface area contributed by atoms with Crippen molar-refractivity contribution in [2.45, 2.75) is 44.6 Å². The highest BCUT2D eigenvalue weighted by Crippen LogP contribution is 2.48. The van der Waals surface area contributed by atoms with Gasteiger partial charge in [0, 0.05) is 6.54 Å². The van der Waals surface area contributed by atoms with Crippen LogP contribution in [0.5, 0.6) is 0 Å². The number of halogens is 8. The van der Waals surface area contributed by atoms with Crippen molar-refractivity contribution in [2.24, 2.45) is 0 Å². The molecule has 0 N–H and O–H groups in total. The first-order valence-corrected chi connectivity index (χ1v) is 7.82. The van der Waals surface area contributed by atoms with Crippen molar-refractivity contribution in [3.8, 4) is 0 Å². The smallest absolute Gasteiger partial charge is 0.381 e. The largest absolute Gasteiger partial charge is 0.455 e. The molecule has 12 heteroatoms. The molecule has 4 nitrogen and oxygen atoms in total. The number of aryl methyl sites for hydroxylation is 2. The molecule has 2 rings (SSSR count). The van der Waals surface area contributed by atoms with Crippen LogP contribution < -0.4 is 0 Å². The topological polar surface area (TPSA) is 44.1 Å². The summed E-state index contributed by atoms with van der Waals surface area (Å²) in [5, 5.41) is 0. The number of hydrogen-bond donors (Lipinski definition) is 0. The third-order valence-corrected chi connectivity index (χ3v) is 4.03. The Bertz CT molecular complexity index is 879. The van der Waals surface area contributed by atoms with E-state index in [4.69, 9.17) is 0 Å². The minimum atomic E-state index is -6.44. The van der Waals surface area contributed by atoms with Gasteiger partial charge in [0.25, 0.3) is 0 Å². The molecule has 0 unspecified atom stereocenters. The van der Waals surface area contributed by atoms with E-state index in [9.17, 15) is 39.9 Å². The Morgan fingerprint density at radius 1 is 1.18 bits per heavy atom. The molecular weight excluding hydrogens is 404 g/mol. The van der Waals surface area contributed by atoms with E-state index in [-0.39, 0.29) is 11.1 Å². The molecule has 0 spiro atoms. The Hall–Kier alpha value is -2.40. The van der Waals surface area contributed by atoms with Crippen LogP contribution in [-0.2, 0) is 11.3 Å². The molecule has 1 heterocycles. The maximum absolute atomic E-state index is 13.4. The fraction of sp³-hybridized carbons (Fsp3) is 0.500. The summed E-state index contributed by atoms with van der Waals surface area (Å²) in [6, 6.07) is 3.69. The van der Waals surface area contributed by atoms with Gasteiger partial charge in [0.15, 0.2) is 6.61 Å². The normalized spacial score (nSPS) is 13.4. The van der Waals surface area contributed by atoms with Crippen molar-refractivity contribution >= 4 is 17.0 Å². The van der Waals surface area contributed by atoms with E-state index in [0.717, 1.165) is 12.1 Å². The quantitative estimate of drug-likeness (QED) is 0.484. The molecule has 0 aliphatic heterocycles. The second kappa shape index (κ2) is 7.21. The third-order valence-electron chi connectivity index (χ3n) is 4.03. The summed E-state index contributed by atoms with van der Waals surface area (Å²) < 4.78 is 109. The maximum Gasteiger partial charge on any atom is 0.381 e. The number of hydrogen-bond acceptors (Lipinski definition) is 3. The molecule has 0 amide bonds. The Morgan fingerprint density at radius 3 is 2.32 bits per heavy atom. The van der Waals surface area contributed by atoms with E-state index in [1.807, 2.05) is 6.92 Å². The molecule has 0 atom stereocenters. The molecule has 1 aromatic carbocycles. The molecule has 156 valence electrons. The summed E-state index contributed by atoms with van der Waals surface area (Å²) in [5.74, 6) is -19.4. The summed E-state index contributed by atoms with van der Waals surface area (Å²) >= 11 is 0. The predicted octanol–water partition coefficient (Wildman–Crippen LogP) is 4.69. The van der Waals surface area contributed by atoms with E-state index in [0.29, 0.717) is 17.9 Å². The van der Waals surface area contributed by atoms with Gasteiger partial charge >= 0.3 is 30.2 Å². The third kappa shape index (κ3) is 3.51. The Morgan fingerprint density at radius 2 is 1.79 bits per heavy atom. The second-order valence-corrected chi connectivity index (χ2v) is 5.89. The molecule has 0 radical (unpaired) electrons. The summed E-state index contributed by atoms with van der Waals surface area (Å²) in [6.07, 6.45) is -5.04. The Balaban J connectivity index is 2.20. The first-order chi connectivity index (χ1) is 12.8. The van der Waals surface area contributed by atoms with Crippen LogP contribution in [0.3, 0.4) is 0 Å². The lowest BCUT2D eigenvalue weighted by Gasteiger charge is -2.31. The fourth-order valence-corrected chi connectivity index (χ4v) is 2.49. The average Bonchev–Trinajstić information content (AvgIpc) is 2.93. The van der Waals surface area contributed by atoms with Gasteiger partial charge in [-0.2, -0.15) is 26.3 Å². The number of ether oxygens (including phenoxy) is 1. The molecule has 0 aliphatic carbocycles. The van der Waals surface area contributed by atoms with Crippen LogP contribution in [-0.4, -0.2) is 46.3 Å². The standard InChI is InChI=1S/C16H14F8N2O2/c1-3-26-8(2)25-10-6-9(4-5-11(10)26)12(27)28-7-14(19,20)16(23,24)15(21,22)13(17)18/h4-6,13H,3,7H2,1-2H3. The lowest BCUT2D eigenvalue weighted by molar-refractivity contribution is -0.343. The Kier molecular flexibility index (Phi) is 5.64. The number of nitrogens with zero attached hydrogens (tertiary/aromatic N) is 2. The Labute approximate surface area is 153 Å². The molecule has 0 aliphatic rings. The minimum Gasteiger partial charge on any atom is -0.455 e. The van der Waals surface area contributed by atoms with Gasteiger partial charge in [-0.15, -0.1) is 0 Å². The monoisotopic (exact) mass is 418 g/mol. The van der Waals surface area contributed by atoms with Crippen molar-refractivity contribution in [2.75, 3.05) is 6.61 Å². The van der Waals surface area contributed by atoms with Crippen LogP contribution >= 0.6 is 0 Å². The van der Waals surface area contributed by atoms with Gasteiger partial charge in [0.2, 0.25) is 0 Å². The highest BCUT2D eigenvalue weighted by atomic mass is 19.4. The summed E-state index contributed by atoms with van der Waals surface area (Å²) in [6.45, 7) is 1.54. The molecular formula is C16H14F8N2O2. The van der Waals surface area contributed by atoms with Crippen LogP contribution in [0, 0.1) is 6.92 Å². The van der Waals surface area contributed by atoms with Gasteiger partial charge < -0.3 is 9.30 Å². The molecule has 0 saturated heterocycles. The van der Waals surface area contributed by atoms with E-state index >= 15 is 0 Å². The van der Waals surface area contributed by atoms with Crippen LogP contribution in [0.15, 0.2) is 18.2 Å². The van der Waals surface area contributed by atoms with E-state index in [1.54, 1.807) is 11.5 Å². The number of imidazole rings is 1. The van der Waals surface area contributed by atoms with Gasteiger partial charge in [-0.1, -0.05) is 0 Å². The summed E-state index contributed by atoms with van der Waals surface area (Å²) in [4.78, 5) is 16.0. The number of esters is 1. The van der Waals surface area contributed by atoms with Gasteiger partial charge in [-0.25, -0.2) is 18.6 Å². The molecule has 2 aromatic rings. The van der Waals surface area contributed by atoms with Gasteiger partial charge in [0.1, 0.15) is 5.82 Å². The van der Waals surface area contributed by atoms with Crippen LogP contribution in [0.1, 0.15) is 23.1 Å². The zero-order chi connectivity index (χ0) is 21.5. The van der Waals surface area contributed by atoms with Crippen molar-refractivity contribution in [1.29, 1.82) is 0 Å². The van der Waals surface area contributed by atoms with Gasteiger partial charge in [-0.3, -0.25) is 0 Å². The van der Waals surface area contributed by atoms with Crippen molar-refractivity contribution in [3.63, 3.8) is 0 Å². The molecule has 0 fully saturated rings. The maximum atomic E-state index is 13.4. The number of aromatic nitrogens is 2. The number of benzene rings is 1. The molecule has 0 bridgehead atoms. The summed E-state index contributed by atoms with van der Waals surface area (Å²) in [7, 11) is 0. The van der Waals surface area contributed by atoms with E-state index in [1.165, 1.54) is 6.07 Å². The predicted molar refractivity (Wildman–Crippen MR) is 81.3 cm³/mol. The van der Waals surface area contributed by atoms with Crippen molar-refractivity contribution < 1.29 is 44.7 Å². The number of carbonyl (C=O) groups excluding carboxylic acids is 1. The number of rotatable bonds is 7. The van der Waals surface area contributed by atoms with Gasteiger partial charge in [-0.05, 0) is 32.0 Å². The highest BCUT2D eigenvalue weighted by Gasteiger charge is 2.75. The zero-order valence-electron chi connectivity index (χ0n) is 14.5. The number of alkyl halides is 8. The van der Waals surface area contributed by atoms with Crippen LogP contribution in [0.25, 0.3) is 11.0 Å².